The Balaban J connectivity index is 0.00000228. The van der Waals surface area contributed by atoms with Crippen molar-refractivity contribution in [3.05, 3.63) is 71.9 Å². The maximum atomic E-state index is 9.67. The van der Waals surface area contributed by atoms with Gasteiger partial charge in [-0.15, -0.1) is 29.9 Å². The van der Waals surface area contributed by atoms with Crippen LogP contribution in [0.2, 0.25) is 0 Å². The molecule has 0 bridgehead atoms. The summed E-state index contributed by atoms with van der Waals surface area (Å²) in [6, 6.07) is 20.3. The van der Waals surface area contributed by atoms with Crippen molar-refractivity contribution in [2.75, 3.05) is 33.4 Å². The van der Waals surface area contributed by atoms with Crippen LogP contribution in [0.3, 0.4) is 0 Å². The van der Waals surface area contributed by atoms with Gasteiger partial charge in [0.15, 0.2) is 0 Å². The van der Waals surface area contributed by atoms with Crippen LogP contribution >= 0.6 is 24.8 Å². The molecule has 2 heterocycles. The van der Waals surface area contributed by atoms with Crippen LogP contribution in [0.5, 0.6) is 11.6 Å². The second-order valence-corrected chi connectivity index (χ2v) is 9.18. The first kappa shape index (κ1) is 29.8. The maximum absolute atomic E-state index is 9.67. The van der Waals surface area contributed by atoms with Gasteiger partial charge in [0.1, 0.15) is 12.4 Å². The number of aryl methyl sites for hydroxylation is 1. The van der Waals surface area contributed by atoms with Gasteiger partial charge in [-0.2, -0.15) is 5.10 Å². The first-order valence-electron chi connectivity index (χ1n) is 12.2. The van der Waals surface area contributed by atoms with E-state index in [0.29, 0.717) is 25.0 Å². The fraction of sp³-hybridized carbons (Fsp3) is 0.429. The van der Waals surface area contributed by atoms with Crippen LogP contribution in [0.25, 0.3) is 11.1 Å². The molecule has 2 aromatic carbocycles. The monoisotopic (exact) mass is 533 g/mol. The lowest BCUT2D eigenvalue weighted by atomic mass is 9.98. The molecule has 0 amide bonds. The number of aliphatic hydroxyl groups excluding tert-OH is 1. The fourth-order valence-corrected chi connectivity index (χ4v) is 4.48. The SMILES string of the molecule is CCCCc1nnc(OCC2CN(C)CC2CO)cc1-c1ccc(OCc2ccccc2)cc1.Cl.Cl. The van der Waals surface area contributed by atoms with Crippen LogP contribution in [0.4, 0.5) is 0 Å². The van der Waals surface area contributed by atoms with E-state index in [9.17, 15) is 5.11 Å². The molecule has 6 nitrogen and oxygen atoms in total. The molecule has 36 heavy (non-hydrogen) atoms. The highest BCUT2D eigenvalue weighted by Crippen LogP contribution is 2.29. The zero-order chi connectivity index (χ0) is 23.8. The Morgan fingerprint density at radius 3 is 2.36 bits per heavy atom. The number of rotatable bonds is 11. The molecule has 196 valence electrons. The van der Waals surface area contributed by atoms with E-state index >= 15 is 0 Å². The Morgan fingerprint density at radius 1 is 0.944 bits per heavy atom. The Labute approximate surface area is 226 Å². The van der Waals surface area contributed by atoms with E-state index in [1.165, 1.54) is 0 Å². The van der Waals surface area contributed by atoms with Crippen molar-refractivity contribution >= 4 is 24.8 Å². The molecule has 4 rings (SSSR count). The predicted octanol–water partition coefficient (Wildman–Crippen LogP) is 5.46. The van der Waals surface area contributed by atoms with Crippen molar-refractivity contribution in [3.63, 3.8) is 0 Å². The maximum Gasteiger partial charge on any atom is 0.234 e. The van der Waals surface area contributed by atoms with Crippen molar-refractivity contribution in [1.82, 2.24) is 15.1 Å². The van der Waals surface area contributed by atoms with E-state index < -0.39 is 0 Å². The molecule has 1 aliphatic rings. The molecule has 1 aliphatic heterocycles. The summed E-state index contributed by atoms with van der Waals surface area (Å²) in [7, 11) is 2.08. The second-order valence-electron chi connectivity index (χ2n) is 9.18. The van der Waals surface area contributed by atoms with Crippen molar-refractivity contribution < 1.29 is 14.6 Å². The smallest absolute Gasteiger partial charge is 0.234 e. The number of hydrogen-bond donors (Lipinski definition) is 1. The molecule has 2 unspecified atom stereocenters. The van der Waals surface area contributed by atoms with E-state index in [1.54, 1.807) is 0 Å². The normalized spacial score (nSPS) is 17.2. The lowest BCUT2D eigenvalue weighted by Gasteiger charge is -2.17. The summed E-state index contributed by atoms with van der Waals surface area (Å²) < 4.78 is 12.0. The van der Waals surface area contributed by atoms with Gasteiger partial charge in [0, 0.05) is 43.2 Å². The van der Waals surface area contributed by atoms with Crippen molar-refractivity contribution in [2.24, 2.45) is 11.8 Å². The van der Waals surface area contributed by atoms with Gasteiger partial charge in [-0.3, -0.25) is 0 Å². The molecule has 1 fully saturated rings. The summed E-state index contributed by atoms with van der Waals surface area (Å²) in [5.74, 6) is 1.90. The van der Waals surface area contributed by atoms with E-state index in [2.05, 4.69) is 53.3 Å². The van der Waals surface area contributed by atoms with Gasteiger partial charge in [-0.05, 0) is 43.1 Å². The molecule has 3 aromatic rings. The Hall–Kier alpha value is -2.38. The Bertz CT molecular complexity index is 1040. The fourth-order valence-electron chi connectivity index (χ4n) is 4.48. The summed E-state index contributed by atoms with van der Waals surface area (Å²) in [4.78, 5) is 2.24. The third-order valence-electron chi connectivity index (χ3n) is 6.47. The highest BCUT2D eigenvalue weighted by atomic mass is 35.5. The third-order valence-corrected chi connectivity index (χ3v) is 6.47. The van der Waals surface area contributed by atoms with Gasteiger partial charge in [0.2, 0.25) is 5.88 Å². The molecule has 2 atom stereocenters. The first-order valence-corrected chi connectivity index (χ1v) is 12.2. The van der Waals surface area contributed by atoms with Crippen LogP contribution in [0.1, 0.15) is 31.0 Å². The van der Waals surface area contributed by atoms with E-state index in [4.69, 9.17) is 9.47 Å². The van der Waals surface area contributed by atoms with Gasteiger partial charge in [0.05, 0.1) is 12.3 Å². The quantitative estimate of drug-likeness (QED) is 0.353. The number of aromatic nitrogens is 2. The van der Waals surface area contributed by atoms with Crippen molar-refractivity contribution in [1.29, 1.82) is 0 Å². The Kier molecular flexibility index (Phi) is 12.4. The summed E-state index contributed by atoms with van der Waals surface area (Å²) in [5, 5.41) is 18.5. The lowest BCUT2D eigenvalue weighted by Crippen LogP contribution is -2.23. The Morgan fingerprint density at radius 2 is 1.67 bits per heavy atom. The molecular formula is C28H37Cl2N3O3. The number of ether oxygens (including phenoxy) is 2. The number of benzene rings is 2. The highest BCUT2D eigenvalue weighted by molar-refractivity contribution is 5.85. The first-order chi connectivity index (χ1) is 16.7. The zero-order valence-corrected chi connectivity index (χ0v) is 22.6. The minimum absolute atomic E-state index is 0. The van der Waals surface area contributed by atoms with Gasteiger partial charge in [0.25, 0.3) is 0 Å². The van der Waals surface area contributed by atoms with Crippen LogP contribution in [0.15, 0.2) is 60.7 Å². The number of nitrogens with zero attached hydrogens (tertiary/aromatic N) is 3. The molecule has 1 saturated heterocycles. The molecule has 0 spiro atoms. The standard InChI is InChI=1S/C28H35N3O3.2ClH/c1-3-4-10-27-26(15-28(30-29-27)34-20-24-17-31(2)16-23(24)18-32)22-11-13-25(14-12-22)33-19-21-8-6-5-7-9-21;;/h5-9,11-15,23-24,32H,3-4,10,16-20H2,1-2H3;2*1H. The topological polar surface area (TPSA) is 67.7 Å². The van der Waals surface area contributed by atoms with Crippen LogP contribution in [-0.4, -0.2) is 53.6 Å². The van der Waals surface area contributed by atoms with E-state index in [-0.39, 0.29) is 37.3 Å². The minimum atomic E-state index is 0. The van der Waals surface area contributed by atoms with Crippen LogP contribution in [0, 0.1) is 11.8 Å². The summed E-state index contributed by atoms with van der Waals surface area (Å²) in [6.07, 6.45) is 3.04. The van der Waals surface area contributed by atoms with Crippen LogP contribution in [-0.2, 0) is 13.0 Å². The van der Waals surface area contributed by atoms with Crippen LogP contribution < -0.4 is 9.47 Å². The van der Waals surface area contributed by atoms with Crippen molar-refractivity contribution in [3.8, 4) is 22.8 Å². The summed E-state index contributed by atoms with van der Waals surface area (Å²) in [5.41, 5.74) is 4.26. The average Bonchev–Trinajstić information content (AvgIpc) is 3.25. The molecule has 1 N–H and O–H groups in total. The number of likely N-dealkylation sites (tertiary alicyclic amines) is 1. The average molecular weight is 535 g/mol. The van der Waals surface area contributed by atoms with Gasteiger partial charge in [-0.25, -0.2) is 0 Å². The minimum Gasteiger partial charge on any atom is -0.489 e. The molecule has 0 radical (unpaired) electrons. The van der Waals surface area contributed by atoms with E-state index in [0.717, 1.165) is 60.5 Å². The lowest BCUT2D eigenvalue weighted by molar-refractivity contribution is 0.159. The molecule has 0 saturated carbocycles. The van der Waals surface area contributed by atoms with Gasteiger partial charge < -0.3 is 19.5 Å². The van der Waals surface area contributed by atoms with Crippen molar-refractivity contribution in [2.45, 2.75) is 32.8 Å². The zero-order valence-electron chi connectivity index (χ0n) is 21.0. The highest BCUT2D eigenvalue weighted by Gasteiger charge is 2.30. The largest absolute Gasteiger partial charge is 0.489 e. The molecule has 8 heteroatoms. The number of hydrogen-bond acceptors (Lipinski definition) is 6. The third kappa shape index (κ3) is 8.07. The second kappa shape index (κ2) is 15.0. The number of halogens is 2. The summed E-state index contributed by atoms with van der Waals surface area (Å²) in [6.45, 7) is 5.26. The predicted molar refractivity (Wildman–Crippen MR) is 148 cm³/mol. The van der Waals surface area contributed by atoms with Gasteiger partial charge in [-0.1, -0.05) is 55.8 Å². The molecule has 1 aromatic heterocycles. The van der Waals surface area contributed by atoms with Gasteiger partial charge >= 0.3 is 0 Å². The number of unbranched alkanes of at least 4 members (excludes halogenated alkanes) is 1. The molecular weight excluding hydrogens is 497 g/mol. The number of aliphatic hydroxyl groups is 1. The van der Waals surface area contributed by atoms with E-state index in [1.807, 2.05) is 36.4 Å². The summed E-state index contributed by atoms with van der Waals surface area (Å²) >= 11 is 0. The molecule has 0 aliphatic carbocycles.